The number of aliphatic hydroxyl groups excluding tert-OH is 1. The molecule has 0 spiro atoms. The summed E-state index contributed by atoms with van der Waals surface area (Å²) in [7, 11) is -0.775. The Labute approximate surface area is 190 Å². The molecule has 1 aliphatic heterocycles. The van der Waals surface area contributed by atoms with Gasteiger partial charge < -0.3 is 19.5 Å². The second-order valence-electron chi connectivity index (χ2n) is 8.65. The van der Waals surface area contributed by atoms with Crippen LogP contribution < -0.4 is 4.74 Å². The quantitative estimate of drug-likeness (QED) is 0.638. The van der Waals surface area contributed by atoms with Crippen molar-refractivity contribution in [3.05, 3.63) is 23.8 Å². The smallest absolute Gasteiger partial charge is 0.248 e. The van der Waals surface area contributed by atoms with E-state index in [2.05, 4.69) is 11.8 Å². The average Bonchev–Trinajstić information content (AvgIpc) is 3.58. The van der Waals surface area contributed by atoms with Gasteiger partial charge in [0.1, 0.15) is 23.4 Å². The van der Waals surface area contributed by atoms with Crippen molar-refractivity contribution in [1.82, 2.24) is 9.21 Å². The van der Waals surface area contributed by atoms with E-state index in [1.165, 1.54) is 22.4 Å². The summed E-state index contributed by atoms with van der Waals surface area (Å²) in [5.74, 6) is 6.48. The van der Waals surface area contributed by atoms with Gasteiger partial charge in [-0.25, -0.2) is 8.42 Å². The number of likely N-dealkylation sites (N-methyl/N-ethyl adjacent to an activating group) is 1. The van der Waals surface area contributed by atoms with Gasteiger partial charge in [-0.05, 0) is 38.0 Å². The number of sulfonamides is 1. The van der Waals surface area contributed by atoms with E-state index in [1.54, 1.807) is 26.1 Å². The molecule has 0 saturated heterocycles. The number of fused-ring (bicyclic) bond motifs is 1. The number of rotatable bonds is 6. The molecule has 9 heteroatoms. The largest absolute Gasteiger partial charge is 0.487 e. The van der Waals surface area contributed by atoms with Gasteiger partial charge in [-0.3, -0.25) is 4.79 Å². The van der Waals surface area contributed by atoms with Crippen LogP contribution in [0.5, 0.6) is 5.75 Å². The molecule has 1 aromatic carbocycles. The van der Waals surface area contributed by atoms with Crippen molar-refractivity contribution in [2.24, 2.45) is 11.8 Å². The molecule has 1 aromatic rings. The number of amides is 1. The standard InChI is InChI=1S/C23H32N2O6S/c1-16-12-25(17(2)14-26)32(28,29)22-10-9-19(8-7-18-5-6-18)11-20(22)31-21(16)13-24(3)23(27)15-30-4/h9-11,16-18,21,26H,5-6,12-15H2,1-4H3/t16-,17+,21+/m0/s1. The molecular weight excluding hydrogens is 432 g/mol. The number of hydrogen-bond acceptors (Lipinski definition) is 6. The Morgan fingerprint density at radius 2 is 2.12 bits per heavy atom. The minimum absolute atomic E-state index is 0.0394. The molecule has 8 nitrogen and oxygen atoms in total. The minimum atomic E-state index is -3.90. The van der Waals surface area contributed by atoms with Gasteiger partial charge in [0.05, 0.1) is 13.2 Å². The number of benzene rings is 1. The Hall–Kier alpha value is -2.12. The van der Waals surface area contributed by atoms with E-state index in [4.69, 9.17) is 9.47 Å². The SMILES string of the molecule is COCC(=O)N(C)C[C@H]1Oc2cc(C#CC3CC3)ccc2S(=O)(=O)N([C@H](C)CO)C[C@@H]1C. The number of carbonyl (C=O) groups excluding carboxylic acids is 1. The van der Waals surface area contributed by atoms with Gasteiger partial charge in [0.25, 0.3) is 0 Å². The molecule has 1 saturated carbocycles. The predicted molar refractivity (Wildman–Crippen MR) is 120 cm³/mol. The first-order valence-corrected chi connectivity index (χ1v) is 12.3. The lowest BCUT2D eigenvalue weighted by Crippen LogP contribution is -2.50. The molecule has 176 valence electrons. The van der Waals surface area contributed by atoms with Gasteiger partial charge >= 0.3 is 0 Å². The van der Waals surface area contributed by atoms with Crippen LogP contribution in [0.15, 0.2) is 23.1 Å². The van der Waals surface area contributed by atoms with Crippen LogP contribution in [-0.2, 0) is 19.6 Å². The van der Waals surface area contributed by atoms with Crippen LogP contribution in [0.1, 0.15) is 32.3 Å². The third-order valence-electron chi connectivity index (χ3n) is 5.81. The summed E-state index contributed by atoms with van der Waals surface area (Å²) in [5.41, 5.74) is 0.684. The fraction of sp³-hybridized carbons (Fsp3) is 0.609. The predicted octanol–water partition coefficient (Wildman–Crippen LogP) is 1.32. The molecular formula is C23H32N2O6S. The van der Waals surface area contributed by atoms with Crippen molar-refractivity contribution >= 4 is 15.9 Å². The summed E-state index contributed by atoms with van der Waals surface area (Å²) < 4.78 is 39.4. The van der Waals surface area contributed by atoms with E-state index >= 15 is 0 Å². The van der Waals surface area contributed by atoms with Gasteiger partial charge in [-0.1, -0.05) is 18.8 Å². The van der Waals surface area contributed by atoms with Crippen LogP contribution in [0.3, 0.4) is 0 Å². The summed E-state index contributed by atoms with van der Waals surface area (Å²) >= 11 is 0. The number of hydrogen-bond donors (Lipinski definition) is 1. The maximum atomic E-state index is 13.5. The number of nitrogens with zero attached hydrogens (tertiary/aromatic N) is 2. The van der Waals surface area contributed by atoms with Crippen LogP contribution >= 0.6 is 0 Å². The highest BCUT2D eigenvalue weighted by atomic mass is 32.2. The van der Waals surface area contributed by atoms with Crippen molar-refractivity contribution in [3.63, 3.8) is 0 Å². The lowest BCUT2D eigenvalue weighted by molar-refractivity contribution is -0.135. The molecule has 0 aromatic heterocycles. The van der Waals surface area contributed by atoms with Crippen LogP contribution in [-0.4, -0.2) is 81.2 Å². The van der Waals surface area contributed by atoms with Gasteiger partial charge in [0, 0.05) is 44.1 Å². The summed E-state index contributed by atoms with van der Waals surface area (Å²) in [6.45, 7) is 3.63. The molecule has 1 N–H and O–H groups in total. The fourth-order valence-corrected chi connectivity index (χ4v) is 5.37. The lowest BCUT2D eigenvalue weighted by Gasteiger charge is -2.37. The van der Waals surface area contributed by atoms with Crippen LogP contribution in [0.2, 0.25) is 0 Å². The molecule has 1 amide bonds. The molecule has 3 atom stereocenters. The fourth-order valence-electron chi connectivity index (χ4n) is 3.54. The van der Waals surface area contributed by atoms with Gasteiger partial charge in [0.15, 0.2) is 0 Å². The minimum Gasteiger partial charge on any atom is -0.487 e. The summed E-state index contributed by atoms with van der Waals surface area (Å²) in [6, 6.07) is 4.26. The Bertz CT molecular complexity index is 995. The van der Waals surface area contributed by atoms with E-state index in [-0.39, 0.29) is 48.8 Å². The first-order valence-electron chi connectivity index (χ1n) is 10.8. The molecule has 2 aliphatic rings. The zero-order valence-corrected chi connectivity index (χ0v) is 19.9. The Morgan fingerprint density at radius 3 is 2.75 bits per heavy atom. The van der Waals surface area contributed by atoms with Crippen LogP contribution in [0.25, 0.3) is 0 Å². The Morgan fingerprint density at radius 1 is 1.41 bits per heavy atom. The van der Waals surface area contributed by atoms with E-state index in [0.717, 1.165) is 12.8 Å². The van der Waals surface area contributed by atoms with Crippen molar-refractivity contribution in [2.45, 2.75) is 43.7 Å². The van der Waals surface area contributed by atoms with Gasteiger partial charge in [0.2, 0.25) is 15.9 Å². The van der Waals surface area contributed by atoms with Gasteiger partial charge in [-0.15, -0.1) is 0 Å². The van der Waals surface area contributed by atoms with Crippen molar-refractivity contribution in [1.29, 1.82) is 0 Å². The molecule has 1 aliphatic carbocycles. The number of methoxy groups -OCH3 is 1. The average molecular weight is 465 g/mol. The highest BCUT2D eigenvalue weighted by Gasteiger charge is 2.38. The summed E-state index contributed by atoms with van der Waals surface area (Å²) in [5, 5.41) is 9.71. The first kappa shape index (κ1) is 24.5. The summed E-state index contributed by atoms with van der Waals surface area (Å²) in [6.07, 6.45) is 1.73. The highest BCUT2D eigenvalue weighted by molar-refractivity contribution is 7.89. The van der Waals surface area contributed by atoms with Crippen molar-refractivity contribution in [2.75, 3.05) is 40.5 Å². The maximum Gasteiger partial charge on any atom is 0.248 e. The molecule has 0 radical (unpaired) electrons. The second kappa shape index (κ2) is 10.2. The highest BCUT2D eigenvalue weighted by Crippen LogP contribution is 2.34. The number of ether oxygens (including phenoxy) is 2. The molecule has 0 bridgehead atoms. The van der Waals surface area contributed by atoms with Crippen molar-refractivity contribution in [3.8, 4) is 17.6 Å². The third-order valence-corrected chi connectivity index (χ3v) is 7.83. The summed E-state index contributed by atoms with van der Waals surface area (Å²) in [4.78, 5) is 13.8. The number of carbonyl (C=O) groups is 1. The zero-order chi connectivity index (χ0) is 23.5. The first-order chi connectivity index (χ1) is 15.2. The van der Waals surface area contributed by atoms with Crippen molar-refractivity contribution < 1.29 is 27.8 Å². The topological polar surface area (TPSA) is 96.4 Å². The second-order valence-corrected chi connectivity index (χ2v) is 10.5. The molecule has 1 fully saturated rings. The van der Waals surface area contributed by atoms with Gasteiger partial charge in [-0.2, -0.15) is 4.31 Å². The molecule has 3 rings (SSSR count). The third kappa shape index (κ3) is 5.62. The normalized spacial score (nSPS) is 23.5. The van der Waals surface area contributed by atoms with Crippen LogP contribution in [0.4, 0.5) is 0 Å². The molecule has 0 unspecified atom stereocenters. The van der Waals surface area contributed by atoms with E-state index in [0.29, 0.717) is 11.5 Å². The van der Waals surface area contributed by atoms with Crippen LogP contribution in [0, 0.1) is 23.7 Å². The monoisotopic (exact) mass is 464 g/mol. The molecule has 32 heavy (non-hydrogen) atoms. The maximum absolute atomic E-state index is 13.5. The zero-order valence-electron chi connectivity index (χ0n) is 19.1. The Balaban J connectivity index is 2.01. The van der Waals surface area contributed by atoms with E-state index in [9.17, 15) is 18.3 Å². The van der Waals surface area contributed by atoms with E-state index < -0.39 is 22.2 Å². The number of aliphatic hydroxyl groups is 1. The molecule has 1 heterocycles. The van der Waals surface area contributed by atoms with E-state index in [1.807, 2.05) is 6.92 Å². The Kier molecular flexibility index (Phi) is 7.83. The lowest BCUT2D eigenvalue weighted by atomic mass is 10.0.